The summed E-state index contributed by atoms with van der Waals surface area (Å²) in [6.45, 7) is 4.81. The molecule has 1 heterocycles. The van der Waals surface area contributed by atoms with Crippen molar-refractivity contribution in [1.29, 1.82) is 0 Å². The molecule has 0 fully saturated rings. The first kappa shape index (κ1) is 10.9. The van der Waals surface area contributed by atoms with Gasteiger partial charge in [-0.2, -0.15) is 0 Å². The topological polar surface area (TPSA) is 12.0 Å². The highest BCUT2D eigenvalue weighted by Gasteiger charge is 2.32. The minimum absolute atomic E-state index is 0.0557. The molecule has 15 heavy (non-hydrogen) atoms. The normalized spacial score (nSPS) is 24.3. The fourth-order valence-corrected chi connectivity index (χ4v) is 3.18. The number of hydrogen-bond donors (Lipinski definition) is 1. The molecular weight excluding hydrogens is 216 g/mol. The third-order valence-corrected chi connectivity index (χ3v) is 3.88. The van der Waals surface area contributed by atoms with Gasteiger partial charge in [0.15, 0.2) is 0 Å². The summed E-state index contributed by atoms with van der Waals surface area (Å²) in [5.41, 5.74) is 0.756. The molecule has 1 aliphatic heterocycles. The standard InChI is InChI=1S/C11H13F2NS/c1-3-14-10-6(2)15-11-8(10)4-7(12)5-9(11)13/h4-6,10,14H,3H2,1-2H3. The van der Waals surface area contributed by atoms with Gasteiger partial charge in [0.2, 0.25) is 0 Å². The van der Waals surface area contributed by atoms with Gasteiger partial charge in [0.1, 0.15) is 11.6 Å². The average molecular weight is 229 g/mol. The van der Waals surface area contributed by atoms with Crippen molar-refractivity contribution >= 4 is 11.8 Å². The second-order valence-corrected chi connectivity index (χ2v) is 5.05. The summed E-state index contributed by atoms with van der Waals surface area (Å²) in [6, 6.07) is 2.44. The predicted molar refractivity (Wildman–Crippen MR) is 58.1 cm³/mol. The van der Waals surface area contributed by atoms with Crippen LogP contribution in [0.4, 0.5) is 8.78 Å². The predicted octanol–water partition coefficient (Wildman–Crippen LogP) is 3.11. The minimum Gasteiger partial charge on any atom is -0.309 e. The lowest BCUT2D eigenvalue weighted by atomic mass is 10.0. The maximum atomic E-state index is 13.4. The van der Waals surface area contributed by atoms with Crippen LogP contribution in [-0.4, -0.2) is 11.8 Å². The second kappa shape index (κ2) is 4.10. The smallest absolute Gasteiger partial charge is 0.140 e. The highest BCUT2D eigenvalue weighted by molar-refractivity contribution is 8.00. The Morgan fingerprint density at radius 2 is 2.13 bits per heavy atom. The lowest BCUT2D eigenvalue weighted by molar-refractivity contribution is 0.525. The summed E-state index contributed by atoms with van der Waals surface area (Å²) in [4.78, 5) is 0.592. The number of thioether (sulfide) groups is 1. The van der Waals surface area contributed by atoms with Crippen molar-refractivity contribution in [2.45, 2.75) is 30.0 Å². The summed E-state index contributed by atoms with van der Waals surface area (Å²) in [5.74, 6) is -0.939. The molecule has 4 heteroatoms. The van der Waals surface area contributed by atoms with Crippen molar-refractivity contribution < 1.29 is 8.78 Å². The summed E-state index contributed by atoms with van der Waals surface area (Å²) in [5, 5.41) is 3.50. The van der Waals surface area contributed by atoms with Crippen LogP contribution in [0.5, 0.6) is 0 Å². The first-order valence-electron chi connectivity index (χ1n) is 5.02. The lowest BCUT2D eigenvalue weighted by Gasteiger charge is -2.16. The van der Waals surface area contributed by atoms with Gasteiger partial charge < -0.3 is 5.32 Å². The molecule has 0 radical (unpaired) electrons. The van der Waals surface area contributed by atoms with E-state index in [-0.39, 0.29) is 11.3 Å². The molecule has 1 aliphatic rings. The number of fused-ring (bicyclic) bond motifs is 1. The molecule has 0 amide bonds. The molecule has 2 unspecified atom stereocenters. The van der Waals surface area contributed by atoms with Crippen LogP contribution in [0.25, 0.3) is 0 Å². The van der Waals surface area contributed by atoms with E-state index in [1.54, 1.807) is 0 Å². The van der Waals surface area contributed by atoms with E-state index in [4.69, 9.17) is 0 Å². The van der Waals surface area contributed by atoms with Crippen LogP contribution in [0, 0.1) is 11.6 Å². The summed E-state index contributed by atoms with van der Waals surface area (Å²) < 4.78 is 26.5. The number of benzene rings is 1. The molecule has 82 valence electrons. The zero-order valence-corrected chi connectivity index (χ0v) is 9.50. The molecule has 1 aromatic rings. The molecule has 0 spiro atoms. The fourth-order valence-electron chi connectivity index (χ4n) is 1.94. The Labute approximate surface area is 92.3 Å². The van der Waals surface area contributed by atoms with E-state index in [1.165, 1.54) is 17.8 Å². The molecule has 0 bridgehead atoms. The molecule has 0 saturated heterocycles. The van der Waals surface area contributed by atoms with Gasteiger partial charge in [-0.1, -0.05) is 13.8 Å². The molecule has 0 aliphatic carbocycles. The Balaban J connectivity index is 2.43. The number of hydrogen-bond acceptors (Lipinski definition) is 2. The third kappa shape index (κ3) is 1.88. The van der Waals surface area contributed by atoms with Crippen LogP contribution < -0.4 is 5.32 Å². The first-order chi connectivity index (χ1) is 7.13. The summed E-state index contributed by atoms with van der Waals surface area (Å²) in [7, 11) is 0. The van der Waals surface area contributed by atoms with Gasteiger partial charge in [0.05, 0.1) is 0 Å². The maximum Gasteiger partial charge on any atom is 0.140 e. The molecule has 1 N–H and O–H groups in total. The van der Waals surface area contributed by atoms with Crippen molar-refractivity contribution in [2.24, 2.45) is 0 Å². The van der Waals surface area contributed by atoms with Gasteiger partial charge in [-0.15, -0.1) is 11.8 Å². The molecule has 0 aromatic heterocycles. The van der Waals surface area contributed by atoms with Gasteiger partial charge in [0.25, 0.3) is 0 Å². The SMILES string of the molecule is CCNC1c2cc(F)cc(F)c2SC1C. The van der Waals surface area contributed by atoms with Gasteiger partial charge in [-0.05, 0) is 18.2 Å². The monoisotopic (exact) mass is 229 g/mol. The van der Waals surface area contributed by atoms with Crippen molar-refractivity contribution in [3.8, 4) is 0 Å². The van der Waals surface area contributed by atoms with E-state index in [0.29, 0.717) is 4.90 Å². The Bertz CT molecular complexity index is 381. The second-order valence-electron chi connectivity index (χ2n) is 3.66. The molecule has 2 rings (SSSR count). The van der Waals surface area contributed by atoms with Crippen molar-refractivity contribution in [3.05, 3.63) is 29.3 Å². The summed E-state index contributed by atoms with van der Waals surface area (Å²) >= 11 is 1.47. The lowest BCUT2D eigenvalue weighted by Crippen LogP contribution is -2.25. The average Bonchev–Trinajstić information content (AvgIpc) is 2.46. The van der Waals surface area contributed by atoms with Gasteiger partial charge >= 0.3 is 0 Å². The fraction of sp³-hybridized carbons (Fsp3) is 0.455. The van der Waals surface area contributed by atoms with E-state index in [0.717, 1.165) is 18.2 Å². The van der Waals surface area contributed by atoms with Gasteiger partial charge in [0, 0.05) is 22.3 Å². The van der Waals surface area contributed by atoms with Gasteiger partial charge in [-0.3, -0.25) is 0 Å². The van der Waals surface area contributed by atoms with Crippen LogP contribution in [-0.2, 0) is 0 Å². The maximum absolute atomic E-state index is 13.4. The van der Waals surface area contributed by atoms with E-state index < -0.39 is 11.6 Å². The number of nitrogens with one attached hydrogen (secondary N) is 1. The molecular formula is C11H13F2NS. The van der Waals surface area contributed by atoms with E-state index >= 15 is 0 Å². The Morgan fingerprint density at radius 3 is 2.80 bits per heavy atom. The van der Waals surface area contributed by atoms with Crippen LogP contribution in [0.15, 0.2) is 17.0 Å². The molecule has 1 aromatic carbocycles. The van der Waals surface area contributed by atoms with Gasteiger partial charge in [-0.25, -0.2) is 8.78 Å². The van der Waals surface area contributed by atoms with Crippen molar-refractivity contribution in [1.82, 2.24) is 5.32 Å². The first-order valence-corrected chi connectivity index (χ1v) is 5.90. The third-order valence-electron chi connectivity index (χ3n) is 2.57. The molecule has 2 atom stereocenters. The largest absolute Gasteiger partial charge is 0.309 e. The van der Waals surface area contributed by atoms with Crippen LogP contribution >= 0.6 is 11.8 Å². The van der Waals surface area contributed by atoms with Crippen molar-refractivity contribution in [3.63, 3.8) is 0 Å². The zero-order chi connectivity index (χ0) is 11.0. The summed E-state index contributed by atoms with van der Waals surface area (Å²) in [6.07, 6.45) is 0. The minimum atomic E-state index is -0.496. The molecule has 0 saturated carbocycles. The Hall–Kier alpha value is -0.610. The highest BCUT2D eigenvalue weighted by atomic mass is 32.2. The Kier molecular flexibility index (Phi) is 2.98. The zero-order valence-electron chi connectivity index (χ0n) is 8.68. The quantitative estimate of drug-likeness (QED) is 0.836. The Morgan fingerprint density at radius 1 is 1.40 bits per heavy atom. The van der Waals surface area contributed by atoms with Crippen LogP contribution in [0.2, 0.25) is 0 Å². The number of halogens is 2. The van der Waals surface area contributed by atoms with E-state index in [9.17, 15) is 8.78 Å². The highest BCUT2D eigenvalue weighted by Crippen LogP contribution is 2.45. The van der Waals surface area contributed by atoms with Crippen molar-refractivity contribution in [2.75, 3.05) is 6.54 Å². The van der Waals surface area contributed by atoms with Crippen LogP contribution in [0.1, 0.15) is 25.5 Å². The van der Waals surface area contributed by atoms with E-state index in [2.05, 4.69) is 5.32 Å². The van der Waals surface area contributed by atoms with Crippen LogP contribution in [0.3, 0.4) is 0 Å². The van der Waals surface area contributed by atoms with E-state index in [1.807, 2.05) is 13.8 Å². The number of rotatable bonds is 2. The molecule has 1 nitrogen and oxygen atoms in total.